The lowest BCUT2D eigenvalue weighted by atomic mass is 10.2. The molecule has 0 bridgehead atoms. The summed E-state index contributed by atoms with van der Waals surface area (Å²) in [6, 6.07) is 9.99. The van der Waals surface area contributed by atoms with Crippen LogP contribution in [0, 0.1) is 0 Å². The van der Waals surface area contributed by atoms with Gasteiger partial charge in [0, 0.05) is 13.1 Å². The Labute approximate surface area is 90.3 Å². The van der Waals surface area contributed by atoms with E-state index in [1.807, 2.05) is 42.2 Å². The van der Waals surface area contributed by atoms with E-state index in [4.69, 9.17) is 0 Å². The molecule has 1 aromatic rings. The lowest BCUT2D eigenvalue weighted by Gasteiger charge is -2.22. The third-order valence-corrected chi connectivity index (χ3v) is 2.34. The van der Waals surface area contributed by atoms with Crippen molar-refractivity contribution in [2.75, 3.05) is 19.8 Å². The summed E-state index contributed by atoms with van der Waals surface area (Å²) in [7, 11) is 0. The molecule has 0 saturated carbocycles. The van der Waals surface area contributed by atoms with Crippen molar-refractivity contribution in [1.29, 1.82) is 0 Å². The van der Waals surface area contributed by atoms with E-state index in [-0.39, 0.29) is 0 Å². The van der Waals surface area contributed by atoms with Gasteiger partial charge in [0.2, 0.25) is 0 Å². The van der Waals surface area contributed by atoms with Gasteiger partial charge >= 0.3 is 0 Å². The summed E-state index contributed by atoms with van der Waals surface area (Å²) in [5.41, 5.74) is 1.19. The molecule has 1 rings (SSSR count). The van der Waals surface area contributed by atoms with E-state index in [0.717, 1.165) is 13.1 Å². The van der Waals surface area contributed by atoms with Gasteiger partial charge in [-0.05, 0) is 12.1 Å². The molecular formula is C12H18FNO. The molecule has 0 aliphatic rings. The highest BCUT2D eigenvalue weighted by Gasteiger charge is 2.09. The SMILES string of the molecule is CCN(Cc1ccccc1)CC(O)CF. The first-order valence-corrected chi connectivity index (χ1v) is 5.26. The van der Waals surface area contributed by atoms with Gasteiger partial charge in [0.25, 0.3) is 0 Å². The Balaban J connectivity index is 2.47. The summed E-state index contributed by atoms with van der Waals surface area (Å²) in [4.78, 5) is 2.03. The number of aliphatic hydroxyl groups is 1. The van der Waals surface area contributed by atoms with E-state index in [9.17, 15) is 9.50 Å². The van der Waals surface area contributed by atoms with E-state index >= 15 is 0 Å². The number of rotatable bonds is 6. The largest absolute Gasteiger partial charge is 0.389 e. The van der Waals surface area contributed by atoms with E-state index in [2.05, 4.69) is 0 Å². The smallest absolute Gasteiger partial charge is 0.117 e. The van der Waals surface area contributed by atoms with E-state index in [1.165, 1.54) is 5.56 Å². The average molecular weight is 211 g/mol. The maximum absolute atomic E-state index is 12.1. The number of halogens is 1. The molecule has 1 atom stereocenters. The zero-order valence-corrected chi connectivity index (χ0v) is 9.06. The fraction of sp³-hybridized carbons (Fsp3) is 0.500. The number of aliphatic hydroxyl groups excluding tert-OH is 1. The van der Waals surface area contributed by atoms with Crippen LogP contribution in [-0.4, -0.2) is 35.9 Å². The van der Waals surface area contributed by atoms with Crippen LogP contribution < -0.4 is 0 Å². The number of hydrogen-bond donors (Lipinski definition) is 1. The van der Waals surface area contributed by atoms with E-state index < -0.39 is 12.8 Å². The first kappa shape index (κ1) is 12.1. The Morgan fingerprint density at radius 1 is 1.33 bits per heavy atom. The molecule has 1 N–H and O–H groups in total. The monoisotopic (exact) mass is 211 g/mol. The lowest BCUT2D eigenvalue weighted by molar-refractivity contribution is 0.0889. The summed E-state index contributed by atoms with van der Waals surface area (Å²) in [5.74, 6) is 0. The van der Waals surface area contributed by atoms with Crippen molar-refractivity contribution in [3.63, 3.8) is 0 Å². The van der Waals surface area contributed by atoms with Gasteiger partial charge in [-0.1, -0.05) is 37.3 Å². The standard InChI is InChI=1S/C12H18FNO/c1-2-14(10-12(15)8-13)9-11-6-4-3-5-7-11/h3-7,12,15H,2,8-10H2,1H3. The second-order valence-corrected chi connectivity index (χ2v) is 3.62. The summed E-state index contributed by atoms with van der Waals surface area (Å²) in [5, 5.41) is 9.22. The van der Waals surface area contributed by atoms with Crippen LogP contribution in [0.15, 0.2) is 30.3 Å². The van der Waals surface area contributed by atoms with Crippen LogP contribution in [0.5, 0.6) is 0 Å². The topological polar surface area (TPSA) is 23.5 Å². The molecule has 3 heteroatoms. The normalized spacial score (nSPS) is 13.1. The summed E-state index contributed by atoms with van der Waals surface area (Å²) in [6.45, 7) is 3.29. The van der Waals surface area contributed by atoms with E-state index in [1.54, 1.807) is 0 Å². The first-order valence-electron chi connectivity index (χ1n) is 5.26. The fourth-order valence-corrected chi connectivity index (χ4v) is 1.49. The minimum absolute atomic E-state index is 0.391. The molecule has 15 heavy (non-hydrogen) atoms. The highest BCUT2D eigenvalue weighted by molar-refractivity contribution is 5.14. The van der Waals surface area contributed by atoms with Crippen molar-refractivity contribution in [2.24, 2.45) is 0 Å². The van der Waals surface area contributed by atoms with Crippen molar-refractivity contribution in [2.45, 2.75) is 19.6 Å². The number of benzene rings is 1. The Morgan fingerprint density at radius 3 is 2.53 bits per heavy atom. The second kappa shape index (κ2) is 6.53. The van der Waals surface area contributed by atoms with Crippen molar-refractivity contribution in [3.8, 4) is 0 Å². The molecule has 0 saturated heterocycles. The minimum Gasteiger partial charge on any atom is -0.389 e. The number of alkyl halides is 1. The van der Waals surface area contributed by atoms with Gasteiger partial charge in [-0.3, -0.25) is 4.90 Å². The van der Waals surface area contributed by atoms with Gasteiger partial charge in [0.15, 0.2) is 0 Å². The molecule has 1 aromatic carbocycles. The Kier molecular flexibility index (Phi) is 5.29. The Hall–Kier alpha value is -0.930. The molecule has 2 nitrogen and oxygen atoms in total. The minimum atomic E-state index is -0.867. The molecule has 84 valence electrons. The van der Waals surface area contributed by atoms with Crippen molar-refractivity contribution < 1.29 is 9.50 Å². The van der Waals surface area contributed by atoms with Gasteiger partial charge in [0.05, 0.1) is 6.10 Å². The highest BCUT2D eigenvalue weighted by atomic mass is 19.1. The molecule has 0 aliphatic carbocycles. The zero-order chi connectivity index (χ0) is 11.1. The molecule has 0 amide bonds. The van der Waals surface area contributed by atoms with Gasteiger partial charge < -0.3 is 5.11 Å². The summed E-state index contributed by atoms with van der Waals surface area (Å²) in [6.07, 6.45) is -0.867. The van der Waals surface area contributed by atoms with Crippen LogP contribution in [0.1, 0.15) is 12.5 Å². The molecule has 0 heterocycles. The van der Waals surface area contributed by atoms with Gasteiger partial charge in [-0.25, -0.2) is 4.39 Å². The van der Waals surface area contributed by atoms with Gasteiger partial charge in [0.1, 0.15) is 6.67 Å². The third-order valence-electron chi connectivity index (χ3n) is 2.34. The molecule has 0 spiro atoms. The maximum atomic E-state index is 12.1. The van der Waals surface area contributed by atoms with Crippen molar-refractivity contribution >= 4 is 0 Å². The van der Waals surface area contributed by atoms with Crippen molar-refractivity contribution in [3.05, 3.63) is 35.9 Å². The van der Waals surface area contributed by atoms with Crippen LogP contribution >= 0.6 is 0 Å². The summed E-state index contributed by atoms with van der Waals surface area (Å²) >= 11 is 0. The quantitative estimate of drug-likeness (QED) is 0.776. The number of nitrogens with zero attached hydrogens (tertiary/aromatic N) is 1. The van der Waals surface area contributed by atoms with E-state index in [0.29, 0.717) is 6.54 Å². The fourth-order valence-electron chi connectivity index (χ4n) is 1.49. The predicted molar refractivity (Wildman–Crippen MR) is 59.4 cm³/mol. The highest BCUT2D eigenvalue weighted by Crippen LogP contribution is 2.04. The molecular weight excluding hydrogens is 193 g/mol. The molecule has 0 aliphatic heterocycles. The Bertz CT molecular complexity index is 266. The molecule has 0 aromatic heterocycles. The molecule has 0 radical (unpaired) electrons. The number of hydrogen-bond acceptors (Lipinski definition) is 2. The van der Waals surface area contributed by atoms with Crippen LogP contribution in [0.4, 0.5) is 4.39 Å². The zero-order valence-electron chi connectivity index (χ0n) is 9.06. The average Bonchev–Trinajstić information content (AvgIpc) is 2.29. The van der Waals surface area contributed by atoms with Crippen LogP contribution in [-0.2, 0) is 6.54 Å². The van der Waals surface area contributed by atoms with Crippen molar-refractivity contribution in [1.82, 2.24) is 4.90 Å². The van der Waals surface area contributed by atoms with Gasteiger partial charge in [-0.2, -0.15) is 0 Å². The summed E-state index contributed by atoms with van der Waals surface area (Å²) < 4.78 is 12.1. The van der Waals surface area contributed by atoms with Crippen LogP contribution in [0.3, 0.4) is 0 Å². The maximum Gasteiger partial charge on any atom is 0.117 e. The van der Waals surface area contributed by atoms with Crippen LogP contribution in [0.25, 0.3) is 0 Å². The molecule has 1 unspecified atom stereocenters. The lowest BCUT2D eigenvalue weighted by Crippen LogP contribution is -2.32. The third kappa shape index (κ3) is 4.40. The molecule has 0 fully saturated rings. The predicted octanol–water partition coefficient (Wildman–Crippen LogP) is 1.84. The van der Waals surface area contributed by atoms with Gasteiger partial charge in [-0.15, -0.1) is 0 Å². The van der Waals surface area contributed by atoms with Crippen LogP contribution in [0.2, 0.25) is 0 Å². The number of likely N-dealkylation sites (N-methyl/N-ethyl adjacent to an activating group) is 1. The Morgan fingerprint density at radius 2 is 2.00 bits per heavy atom. The second-order valence-electron chi connectivity index (χ2n) is 3.62. The first-order chi connectivity index (χ1) is 7.26.